The van der Waals surface area contributed by atoms with Crippen LogP contribution in [-0.2, 0) is 4.79 Å². The molecule has 0 radical (unpaired) electrons. The van der Waals surface area contributed by atoms with Gasteiger partial charge in [-0.15, -0.1) is 0 Å². The molecule has 0 fully saturated rings. The number of aliphatic hydroxyl groups is 2. The van der Waals surface area contributed by atoms with Crippen molar-refractivity contribution in [2.45, 2.75) is 212 Å². The Morgan fingerprint density at radius 2 is 0.652 bits per heavy atom. The van der Waals surface area contributed by atoms with Crippen LogP contribution >= 0.6 is 0 Å². The average Bonchev–Trinajstić information content (AvgIpc) is 3.35. The Morgan fingerprint density at radius 1 is 0.362 bits per heavy atom. The molecule has 0 aromatic carbocycles. The number of unbranched alkanes of at least 4 members (excludes halogenated alkanes) is 12. The quantitative estimate of drug-likeness (QED) is 0.0421. The van der Waals surface area contributed by atoms with E-state index in [4.69, 9.17) is 0 Å². The molecule has 384 valence electrons. The Labute approximate surface area is 425 Å². The summed E-state index contributed by atoms with van der Waals surface area (Å²) in [5, 5.41) is 23.0. The molecule has 2 atom stereocenters. The molecule has 0 aromatic rings. The largest absolute Gasteiger partial charge is 0.394 e. The summed E-state index contributed by atoms with van der Waals surface area (Å²) in [4.78, 5) is 12.4. The van der Waals surface area contributed by atoms with Gasteiger partial charge in [-0.25, -0.2) is 0 Å². The van der Waals surface area contributed by atoms with Crippen molar-refractivity contribution in [1.29, 1.82) is 0 Å². The zero-order valence-corrected chi connectivity index (χ0v) is 44.0. The summed E-state index contributed by atoms with van der Waals surface area (Å²) in [6.07, 6.45) is 96.0. The van der Waals surface area contributed by atoms with Crippen LogP contribution in [0.1, 0.15) is 200 Å². The van der Waals surface area contributed by atoms with Crippen LogP contribution in [0.5, 0.6) is 0 Å². The van der Waals surface area contributed by atoms with Gasteiger partial charge in [-0.1, -0.05) is 241 Å². The van der Waals surface area contributed by atoms with Gasteiger partial charge in [0.2, 0.25) is 5.91 Å². The number of amides is 1. The lowest BCUT2D eigenvalue weighted by Crippen LogP contribution is -2.45. The molecular formula is C65H101NO3. The summed E-state index contributed by atoms with van der Waals surface area (Å²) in [6, 6.07) is -0.673. The van der Waals surface area contributed by atoms with Crippen molar-refractivity contribution in [2.24, 2.45) is 0 Å². The normalized spacial score (nSPS) is 14.3. The van der Waals surface area contributed by atoms with Gasteiger partial charge in [0.25, 0.3) is 0 Å². The number of rotatable bonds is 47. The van der Waals surface area contributed by atoms with E-state index in [1.807, 2.05) is 6.08 Å². The maximum absolute atomic E-state index is 12.4. The second kappa shape index (κ2) is 57.8. The van der Waals surface area contributed by atoms with Gasteiger partial charge in [-0.05, 0) is 135 Å². The van der Waals surface area contributed by atoms with Crippen molar-refractivity contribution >= 4 is 5.91 Å². The molecule has 0 aliphatic rings. The monoisotopic (exact) mass is 944 g/mol. The second-order valence-electron chi connectivity index (χ2n) is 17.5. The van der Waals surface area contributed by atoms with E-state index in [1.54, 1.807) is 6.08 Å². The maximum atomic E-state index is 12.4. The van der Waals surface area contributed by atoms with Crippen LogP contribution in [0.25, 0.3) is 0 Å². The number of hydrogen-bond donors (Lipinski definition) is 3. The van der Waals surface area contributed by atoms with Crippen molar-refractivity contribution in [3.8, 4) is 0 Å². The van der Waals surface area contributed by atoms with Crippen LogP contribution in [0.4, 0.5) is 0 Å². The first-order valence-electron chi connectivity index (χ1n) is 27.5. The minimum Gasteiger partial charge on any atom is -0.394 e. The SMILES string of the molecule is CC/C=C\C/C=C\C/C=C\C/C=C\C/C=C\C/C=C\C/C=C\C/C=C\C/C=C\C/C=C\C/C=C\C/C=C\CCCCCCC(=O)NC(CO)C(O)/C=C/CC/C=C/CC/C=C/CCCCCCCC. The third-order valence-electron chi connectivity index (χ3n) is 11.1. The van der Waals surface area contributed by atoms with Gasteiger partial charge < -0.3 is 15.5 Å². The molecule has 0 bridgehead atoms. The van der Waals surface area contributed by atoms with Crippen molar-refractivity contribution in [2.75, 3.05) is 6.61 Å². The predicted molar refractivity (Wildman–Crippen MR) is 307 cm³/mol. The fourth-order valence-electron chi connectivity index (χ4n) is 6.95. The maximum Gasteiger partial charge on any atom is 0.220 e. The molecule has 1 amide bonds. The highest BCUT2D eigenvalue weighted by Crippen LogP contribution is 2.10. The zero-order chi connectivity index (χ0) is 49.9. The van der Waals surface area contributed by atoms with Gasteiger partial charge in [0.05, 0.1) is 18.8 Å². The van der Waals surface area contributed by atoms with E-state index in [1.165, 1.54) is 44.9 Å². The first-order valence-corrected chi connectivity index (χ1v) is 27.5. The molecule has 4 heteroatoms. The Balaban J connectivity index is 3.76. The van der Waals surface area contributed by atoms with Gasteiger partial charge >= 0.3 is 0 Å². The molecule has 0 saturated carbocycles. The number of carbonyl (C=O) groups is 1. The molecule has 0 rings (SSSR count). The standard InChI is InChI=1S/C65H101NO3/c1-3-5-7-9-11-13-15-17-19-21-22-23-24-25-26-27-28-29-30-31-32-33-34-35-36-37-38-39-40-41-42-43-44-45-47-49-51-53-55-57-59-61-65(69)66-63(62-67)64(68)60-58-56-54-52-50-48-46-20-18-16-14-12-10-8-6-4-2/h5,7,11,13,17-20,22-23,25-26,28-29,31-32,34-35,37-38,40-41,43-44,47,49-50,52,58,60,63-64,67-68H,3-4,6,8-10,12,14-16,21,24,27,30,33,36,39,42,45-46,48,51,53-57,59,61-62H2,1-2H3,(H,66,69)/b7-5-,13-11-,19-17-,20-18+,23-22-,26-25-,29-28-,32-31-,35-34-,38-37-,41-40-,44-43-,49-47-,52-50+,60-58+. The molecule has 0 spiro atoms. The highest BCUT2D eigenvalue weighted by Gasteiger charge is 2.17. The topological polar surface area (TPSA) is 69.6 Å². The number of carbonyl (C=O) groups excluding carboxylic acids is 1. The molecule has 0 aliphatic heterocycles. The van der Waals surface area contributed by atoms with Crippen molar-refractivity contribution in [1.82, 2.24) is 5.32 Å². The van der Waals surface area contributed by atoms with Crippen molar-refractivity contribution < 1.29 is 15.0 Å². The van der Waals surface area contributed by atoms with Crippen LogP contribution in [-0.4, -0.2) is 34.9 Å². The Morgan fingerprint density at radius 3 is 1.01 bits per heavy atom. The number of nitrogens with one attached hydrogen (secondary N) is 1. The van der Waals surface area contributed by atoms with Crippen LogP contribution in [0.2, 0.25) is 0 Å². The molecule has 0 heterocycles. The lowest BCUT2D eigenvalue weighted by atomic mass is 10.1. The molecule has 0 saturated heterocycles. The third kappa shape index (κ3) is 54.3. The summed E-state index contributed by atoms with van der Waals surface area (Å²) >= 11 is 0. The lowest BCUT2D eigenvalue weighted by Gasteiger charge is -2.19. The molecular weight excluding hydrogens is 843 g/mol. The molecule has 69 heavy (non-hydrogen) atoms. The molecule has 3 N–H and O–H groups in total. The van der Waals surface area contributed by atoms with Gasteiger partial charge in [0, 0.05) is 6.42 Å². The van der Waals surface area contributed by atoms with Gasteiger partial charge in [-0.2, -0.15) is 0 Å². The minimum absolute atomic E-state index is 0.111. The fourth-order valence-corrected chi connectivity index (χ4v) is 6.95. The summed E-state index contributed by atoms with van der Waals surface area (Å²) in [6.45, 7) is 4.14. The van der Waals surface area contributed by atoms with Crippen LogP contribution in [0.3, 0.4) is 0 Å². The number of allylic oxidation sites excluding steroid dienone is 29. The molecule has 0 aliphatic carbocycles. The molecule has 2 unspecified atom stereocenters. The van der Waals surface area contributed by atoms with Crippen LogP contribution < -0.4 is 5.32 Å². The molecule has 4 nitrogen and oxygen atoms in total. The van der Waals surface area contributed by atoms with E-state index in [9.17, 15) is 15.0 Å². The van der Waals surface area contributed by atoms with Gasteiger partial charge in [-0.3, -0.25) is 4.79 Å². The number of hydrogen-bond acceptors (Lipinski definition) is 3. The third-order valence-corrected chi connectivity index (χ3v) is 11.1. The second-order valence-corrected chi connectivity index (χ2v) is 17.5. The first kappa shape index (κ1) is 64.5. The Bertz CT molecular complexity index is 1590. The van der Waals surface area contributed by atoms with E-state index in [-0.39, 0.29) is 12.5 Å². The van der Waals surface area contributed by atoms with Crippen LogP contribution in [0.15, 0.2) is 182 Å². The van der Waals surface area contributed by atoms with Crippen LogP contribution in [0, 0.1) is 0 Å². The molecule has 0 aromatic heterocycles. The van der Waals surface area contributed by atoms with Crippen molar-refractivity contribution in [3.63, 3.8) is 0 Å². The summed E-state index contributed by atoms with van der Waals surface area (Å²) in [5.74, 6) is -0.111. The van der Waals surface area contributed by atoms with Crippen molar-refractivity contribution in [3.05, 3.63) is 182 Å². The first-order chi connectivity index (χ1) is 34.2. The summed E-state index contributed by atoms with van der Waals surface area (Å²) in [5.41, 5.74) is 0. The Kier molecular flexibility index (Phi) is 54.0. The fraction of sp³-hybridized carbons (Fsp3) is 0.523. The summed E-state index contributed by atoms with van der Waals surface area (Å²) in [7, 11) is 0. The smallest absolute Gasteiger partial charge is 0.220 e. The lowest BCUT2D eigenvalue weighted by molar-refractivity contribution is -0.123. The predicted octanol–water partition coefficient (Wildman–Crippen LogP) is 18.5. The summed E-state index contributed by atoms with van der Waals surface area (Å²) < 4.78 is 0. The highest BCUT2D eigenvalue weighted by atomic mass is 16.3. The average molecular weight is 945 g/mol. The van der Waals surface area contributed by atoms with E-state index < -0.39 is 12.1 Å². The van der Waals surface area contributed by atoms with Gasteiger partial charge in [0.15, 0.2) is 0 Å². The minimum atomic E-state index is -0.894. The zero-order valence-electron chi connectivity index (χ0n) is 44.0. The Hall–Kier alpha value is -4.51. The van der Waals surface area contributed by atoms with E-state index in [2.05, 4.69) is 189 Å². The van der Waals surface area contributed by atoms with E-state index in [0.717, 1.165) is 135 Å². The van der Waals surface area contributed by atoms with Gasteiger partial charge in [0.1, 0.15) is 0 Å². The highest BCUT2D eigenvalue weighted by molar-refractivity contribution is 5.76. The van der Waals surface area contributed by atoms with E-state index >= 15 is 0 Å². The van der Waals surface area contributed by atoms with E-state index in [0.29, 0.717) is 6.42 Å². The number of aliphatic hydroxyl groups excluding tert-OH is 2.